The SMILES string of the molecule is CCCCO/C=C/C[Si](CC)(CC)CC. The van der Waals surface area contributed by atoms with Gasteiger partial charge in [-0.05, 0) is 12.5 Å². The van der Waals surface area contributed by atoms with Crippen molar-refractivity contribution in [1.82, 2.24) is 0 Å². The van der Waals surface area contributed by atoms with Crippen molar-refractivity contribution in [2.24, 2.45) is 0 Å². The van der Waals surface area contributed by atoms with E-state index in [1.54, 1.807) is 0 Å². The van der Waals surface area contributed by atoms with Gasteiger partial charge in [0, 0.05) is 0 Å². The van der Waals surface area contributed by atoms with Crippen molar-refractivity contribution in [2.45, 2.75) is 64.7 Å². The van der Waals surface area contributed by atoms with Gasteiger partial charge in [-0.15, -0.1) is 0 Å². The molecule has 0 N–H and O–H groups in total. The predicted octanol–water partition coefficient (Wildman–Crippen LogP) is 4.83. The number of hydrogen-bond donors (Lipinski definition) is 0. The Balaban J connectivity index is 3.78. The summed E-state index contributed by atoms with van der Waals surface area (Å²) in [6, 6.07) is 5.50. The van der Waals surface area contributed by atoms with Crippen LogP contribution in [0.5, 0.6) is 0 Å². The molecule has 0 aliphatic rings. The van der Waals surface area contributed by atoms with Crippen molar-refractivity contribution in [3.05, 3.63) is 12.3 Å². The Labute approximate surface area is 96.9 Å². The highest BCUT2D eigenvalue weighted by Gasteiger charge is 2.24. The Morgan fingerprint density at radius 2 is 1.60 bits per heavy atom. The van der Waals surface area contributed by atoms with Crippen LogP contribution in [0.3, 0.4) is 0 Å². The van der Waals surface area contributed by atoms with Crippen LogP contribution in [-0.4, -0.2) is 14.7 Å². The lowest BCUT2D eigenvalue weighted by Crippen LogP contribution is -2.29. The summed E-state index contributed by atoms with van der Waals surface area (Å²) in [7, 11) is -0.953. The Morgan fingerprint density at radius 3 is 2.07 bits per heavy atom. The third-order valence-electron chi connectivity index (χ3n) is 3.61. The van der Waals surface area contributed by atoms with Crippen LogP contribution in [0.2, 0.25) is 24.2 Å². The summed E-state index contributed by atoms with van der Waals surface area (Å²) >= 11 is 0. The van der Waals surface area contributed by atoms with Gasteiger partial charge in [0.2, 0.25) is 0 Å². The van der Waals surface area contributed by atoms with Crippen molar-refractivity contribution >= 4 is 8.07 Å². The van der Waals surface area contributed by atoms with Gasteiger partial charge in [-0.3, -0.25) is 0 Å². The summed E-state index contributed by atoms with van der Waals surface area (Å²) in [4.78, 5) is 0. The normalized spacial score (nSPS) is 12.3. The molecule has 0 heterocycles. The van der Waals surface area contributed by atoms with E-state index >= 15 is 0 Å². The number of allylic oxidation sites excluding steroid dienone is 1. The maximum Gasteiger partial charge on any atom is 0.0873 e. The van der Waals surface area contributed by atoms with Crippen LogP contribution in [-0.2, 0) is 4.74 Å². The smallest absolute Gasteiger partial charge is 0.0873 e. The van der Waals surface area contributed by atoms with E-state index in [2.05, 4.69) is 33.8 Å². The fraction of sp³-hybridized carbons (Fsp3) is 0.846. The number of hydrogen-bond acceptors (Lipinski definition) is 1. The maximum atomic E-state index is 5.44. The van der Waals surface area contributed by atoms with Crippen LogP contribution in [0.1, 0.15) is 40.5 Å². The van der Waals surface area contributed by atoms with Gasteiger partial charge in [0.05, 0.1) is 20.9 Å². The van der Waals surface area contributed by atoms with Crippen LogP contribution in [0.4, 0.5) is 0 Å². The Morgan fingerprint density at radius 1 is 1.00 bits per heavy atom. The Kier molecular flexibility index (Phi) is 8.87. The standard InChI is InChI=1S/C13H28OSi/c1-5-9-11-14-12-10-13-15(6-2,7-3)8-4/h10,12H,5-9,11,13H2,1-4H3/b12-10+. The molecule has 0 bridgehead atoms. The zero-order valence-electron chi connectivity index (χ0n) is 11.0. The quantitative estimate of drug-likeness (QED) is 0.312. The van der Waals surface area contributed by atoms with Gasteiger partial charge in [-0.1, -0.05) is 58.3 Å². The topological polar surface area (TPSA) is 9.23 Å². The first-order valence-electron chi connectivity index (χ1n) is 6.51. The van der Waals surface area contributed by atoms with Gasteiger partial charge in [0.1, 0.15) is 0 Å². The fourth-order valence-corrected chi connectivity index (χ4v) is 4.81. The third kappa shape index (κ3) is 6.03. The fourth-order valence-electron chi connectivity index (χ4n) is 1.84. The second kappa shape index (κ2) is 9.02. The first-order chi connectivity index (χ1) is 7.24. The molecule has 0 aliphatic carbocycles. The molecule has 0 saturated carbocycles. The lowest BCUT2D eigenvalue weighted by molar-refractivity contribution is 0.243. The van der Waals surface area contributed by atoms with Gasteiger partial charge in [0.25, 0.3) is 0 Å². The molecule has 0 aromatic carbocycles. The van der Waals surface area contributed by atoms with E-state index in [4.69, 9.17) is 4.74 Å². The van der Waals surface area contributed by atoms with Crippen LogP contribution in [0, 0.1) is 0 Å². The number of rotatable bonds is 9. The largest absolute Gasteiger partial charge is 0.502 e. The summed E-state index contributed by atoms with van der Waals surface area (Å²) in [6.07, 6.45) is 6.57. The van der Waals surface area contributed by atoms with E-state index in [1.165, 1.54) is 37.0 Å². The molecule has 0 aromatic heterocycles. The summed E-state index contributed by atoms with van der Waals surface area (Å²) < 4.78 is 5.44. The summed E-state index contributed by atoms with van der Waals surface area (Å²) in [5, 5.41) is 0. The lowest BCUT2D eigenvalue weighted by atomic mass is 10.4. The van der Waals surface area contributed by atoms with Crippen LogP contribution < -0.4 is 0 Å². The van der Waals surface area contributed by atoms with E-state index in [1.807, 2.05) is 6.26 Å². The van der Waals surface area contributed by atoms with Crippen LogP contribution >= 0.6 is 0 Å². The molecule has 0 spiro atoms. The van der Waals surface area contributed by atoms with Gasteiger partial charge in [-0.2, -0.15) is 0 Å². The van der Waals surface area contributed by atoms with Gasteiger partial charge in [0.15, 0.2) is 0 Å². The molecule has 90 valence electrons. The van der Waals surface area contributed by atoms with Crippen LogP contribution in [0.25, 0.3) is 0 Å². The molecule has 15 heavy (non-hydrogen) atoms. The van der Waals surface area contributed by atoms with Crippen molar-refractivity contribution in [1.29, 1.82) is 0 Å². The molecular formula is C13H28OSi. The zero-order chi connectivity index (χ0) is 11.6. The zero-order valence-corrected chi connectivity index (χ0v) is 12.0. The average Bonchev–Trinajstić information content (AvgIpc) is 2.29. The van der Waals surface area contributed by atoms with E-state index < -0.39 is 8.07 Å². The molecule has 2 heteroatoms. The predicted molar refractivity (Wildman–Crippen MR) is 72.0 cm³/mol. The van der Waals surface area contributed by atoms with Gasteiger partial charge in [-0.25, -0.2) is 0 Å². The highest BCUT2D eigenvalue weighted by Crippen LogP contribution is 2.25. The summed E-state index contributed by atoms with van der Waals surface area (Å²) in [5.74, 6) is 0. The first-order valence-corrected chi connectivity index (χ1v) is 9.34. The lowest BCUT2D eigenvalue weighted by Gasteiger charge is -2.26. The molecule has 1 nitrogen and oxygen atoms in total. The molecular weight excluding hydrogens is 200 g/mol. The number of unbranched alkanes of at least 4 members (excludes halogenated alkanes) is 1. The maximum absolute atomic E-state index is 5.44. The molecule has 0 saturated heterocycles. The van der Waals surface area contributed by atoms with E-state index in [-0.39, 0.29) is 0 Å². The molecule has 0 fully saturated rings. The van der Waals surface area contributed by atoms with Gasteiger partial charge >= 0.3 is 0 Å². The minimum atomic E-state index is -0.953. The second-order valence-electron chi connectivity index (χ2n) is 4.36. The molecule has 0 amide bonds. The monoisotopic (exact) mass is 228 g/mol. The third-order valence-corrected chi connectivity index (χ3v) is 9.21. The first kappa shape index (κ1) is 14.8. The molecule has 0 aromatic rings. The molecule has 0 unspecified atom stereocenters. The minimum Gasteiger partial charge on any atom is -0.502 e. The van der Waals surface area contributed by atoms with Crippen molar-refractivity contribution in [3.8, 4) is 0 Å². The Bertz CT molecular complexity index is 154. The molecule has 0 radical (unpaired) electrons. The molecule has 0 rings (SSSR count). The average molecular weight is 228 g/mol. The Hall–Kier alpha value is -0.243. The molecule has 0 aliphatic heterocycles. The van der Waals surface area contributed by atoms with Gasteiger partial charge < -0.3 is 4.74 Å². The van der Waals surface area contributed by atoms with Crippen LogP contribution in [0.15, 0.2) is 12.3 Å². The second-order valence-corrected chi connectivity index (χ2v) is 9.89. The minimum absolute atomic E-state index is 0.881. The van der Waals surface area contributed by atoms with Crippen molar-refractivity contribution in [3.63, 3.8) is 0 Å². The van der Waals surface area contributed by atoms with E-state index in [0.717, 1.165) is 6.61 Å². The highest BCUT2D eigenvalue weighted by molar-refractivity contribution is 6.80. The molecule has 0 atom stereocenters. The highest BCUT2D eigenvalue weighted by atomic mass is 28.3. The summed E-state index contributed by atoms with van der Waals surface area (Å²) in [6.45, 7) is 10.1. The van der Waals surface area contributed by atoms with Crippen molar-refractivity contribution in [2.75, 3.05) is 6.61 Å². The van der Waals surface area contributed by atoms with Crippen molar-refractivity contribution < 1.29 is 4.74 Å². The number of ether oxygens (including phenoxy) is 1. The summed E-state index contributed by atoms with van der Waals surface area (Å²) in [5.41, 5.74) is 0. The van der Waals surface area contributed by atoms with E-state index in [0.29, 0.717) is 0 Å². The van der Waals surface area contributed by atoms with E-state index in [9.17, 15) is 0 Å².